The number of nitrogens with zero attached hydrogens (tertiary/aromatic N) is 2. The van der Waals surface area contributed by atoms with Gasteiger partial charge in [0.15, 0.2) is 0 Å². The minimum atomic E-state index is -3.62. The Bertz CT molecular complexity index is 1210. The number of rotatable bonds is 12. The fourth-order valence-corrected chi connectivity index (χ4v) is 5.47. The van der Waals surface area contributed by atoms with E-state index in [9.17, 15) is 18.0 Å². The van der Waals surface area contributed by atoms with Crippen molar-refractivity contribution in [3.8, 4) is 5.75 Å². The maximum Gasteiger partial charge on any atom is 0.243 e. The first-order valence-corrected chi connectivity index (χ1v) is 14.9. The predicted molar refractivity (Wildman–Crippen MR) is 153 cm³/mol. The van der Waals surface area contributed by atoms with Gasteiger partial charge in [-0.25, -0.2) is 8.42 Å². The van der Waals surface area contributed by atoms with Crippen LogP contribution in [-0.4, -0.2) is 56.6 Å². The second-order valence-electron chi connectivity index (χ2n) is 10.0. The number of anilines is 1. The number of carbonyl (C=O) groups is 2. The Morgan fingerprint density at radius 3 is 2.21 bits per heavy atom. The SMILES string of the molecule is CCC(C(=O)NC(C)(C)C)N(Cc1c(Cl)cccc1Cl)C(=O)CCCN(c1cccc(OC)c1)S(C)(=O)=O. The molecule has 0 aromatic heterocycles. The van der Waals surface area contributed by atoms with Crippen LogP contribution in [0.3, 0.4) is 0 Å². The molecule has 0 aliphatic rings. The monoisotopic (exact) mass is 585 g/mol. The average Bonchev–Trinajstić information content (AvgIpc) is 2.81. The highest BCUT2D eigenvalue weighted by Crippen LogP contribution is 2.28. The molecule has 210 valence electrons. The standard InChI is InChI=1S/C27H37Cl2N3O5S/c1-7-24(26(34)30-27(2,3)4)31(18-21-22(28)13-9-14-23(21)29)25(33)15-10-16-32(38(6,35)36)19-11-8-12-20(17-19)37-5/h8-9,11-14,17,24H,7,10,15-16,18H2,1-6H3,(H,30,34). The van der Waals surface area contributed by atoms with E-state index in [0.717, 1.165) is 6.26 Å². The molecule has 1 N–H and O–H groups in total. The summed E-state index contributed by atoms with van der Waals surface area (Å²) in [5.41, 5.74) is 0.490. The zero-order valence-corrected chi connectivity index (χ0v) is 25.1. The second-order valence-corrected chi connectivity index (χ2v) is 12.7. The highest BCUT2D eigenvalue weighted by molar-refractivity contribution is 7.92. The van der Waals surface area contributed by atoms with Crippen molar-refractivity contribution in [2.75, 3.05) is 24.2 Å². The number of hydrogen-bond donors (Lipinski definition) is 1. The zero-order chi connectivity index (χ0) is 28.7. The summed E-state index contributed by atoms with van der Waals surface area (Å²) in [5.74, 6) is -0.0765. The molecule has 0 bridgehead atoms. The van der Waals surface area contributed by atoms with Gasteiger partial charge in [-0.3, -0.25) is 13.9 Å². The number of methoxy groups -OCH3 is 1. The first-order chi connectivity index (χ1) is 17.7. The summed E-state index contributed by atoms with van der Waals surface area (Å²) in [4.78, 5) is 28.2. The van der Waals surface area contributed by atoms with E-state index in [1.165, 1.54) is 16.3 Å². The molecule has 2 amide bonds. The van der Waals surface area contributed by atoms with E-state index in [4.69, 9.17) is 27.9 Å². The summed E-state index contributed by atoms with van der Waals surface area (Å²) in [6, 6.07) is 11.0. The molecule has 0 radical (unpaired) electrons. The van der Waals surface area contributed by atoms with Crippen molar-refractivity contribution >= 4 is 50.7 Å². The first-order valence-electron chi connectivity index (χ1n) is 12.3. The molecule has 11 heteroatoms. The van der Waals surface area contributed by atoms with E-state index in [1.54, 1.807) is 42.5 Å². The molecule has 0 spiro atoms. The van der Waals surface area contributed by atoms with Gasteiger partial charge in [0.25, 0.3) is 0 Å². The lowest BCUT2D eigenvalue weighted by molar-refractivity contribution is -0.142. The molecule has 1 atom stereocenters. The second kappa shape index (κ2) is 13.5. The Hall–Kier alpha value is -2.49. The summed E-state index contributed by atoms with van der Waals surface area (Å²) in [5, 5.41) is 3.73. The van der Waals surface area contributed by atoms with Crippen molar-refractivity contribution in [2.24, 2.45) is 0 Å². The molecule has 0 fully saturated rings. The number of carbonyl (C=O) groups excluding carboxylic acids is 2. The Balaban J connectivity index is 2.31. The molecular weight excluding hydrogens is 549 g/mol. The van der Waals surface area contributed by atoms with E-state index in [1.807, 2.05) is 27.7 Å². The lowest BCUT2D eigenvalue weighted by Crippen LogP contribution is -2.53. The smallest absolute Gasteiger partial charge is 0.243 e. The molecule has 2 rings (SSSR count). The van der Waals surface area contributed by atoms with Crippen LogP contribution in [0.5, 0.6) is 5.75 Å². The average molecular weight is 587 g/mol. The Morgan fingerprint density at radius 2 is 1.68 bits per heavy atom. The van der Waals surface area contributed by atoms with Crippen molar-refractivity contribution in [3.05, 3.63) is 58.1 Å². The predicted octanol–water partition coefficient (Wildman–Crippen LogP) is 5.27. The van der Waals surface area contributed by atoms with Crippen molar-refractivity contribution < 1.29 is 22.7 Å². The topological polar surface area (TPSA) is 96.0 Å². The fourth-order valence-electron chi connectivity index (χ4n) is 4.00. The van der Waals surface area contributed by atoms with Gasteiger partial charge in [-0.15, -0.1) is 0 Å². The van der Waals surface area contributed by atoms with E-state index in [-0.39, 0.29) is 37.7 Å². The Morgan fingerprint density at radius 1 is 1.08 bits per heavy atom. The number of ether oxygens (including phenoxy) is 1. The highest BCUT2D eigenvalue weighted by Gasteiger charge is 2.31. The minimum absolute atomic E-state index is 0.0113. The number of nitrogens with one attached hydrogen (secondary N) is 1. The molecule has 0 heterocycles. The van der Waals surface area contributed by atoms with E-state index < -0.39 is 21.6 Å². The maximum atomic E-state index is 13.6. The van der Waals surface area contributed by atoms with Gasteiger partial charge in [-0.2, -0.15) is 0 Å². The van der Waals surface area contributed by atoms with Gasteiger partial charge in [0.1, 0.15) is 11.8 Å². The third-order valence-corrected chi connectivity index (χ3v) is 7.67. The molecule has 0 saturated heterocycles. The van der Waals surface area contributed by atoms with Crippen molar-refractivity contribution in [1.82, 2.24) is 10.2 Å². The van der Waals surface area contributed by atoms with Gasteiger partial charge in [0.2, 0.25) is 21.8 Å². The molecule has 38 heavy (non-hydrogen) atoms. The van der Waals surface area contributed by atoms with Crippen LogP contribution < -0.4 is 14.4 Å². The summed E-state index contributed by atoms with van der Waals surface area (Å²) in [7, 11) is -2.12. The molecule has 2 aromatic carbocycles. The fraction of sp³-hybridized carbons (Fsp3) is 0.481. The number of benzene rings is 2. The number of amides is 2. The third kappa shape index (κ3) is 9.06. The van der Waals surface area contributed by atoms with Crippen LogP contribution in [0.1, 0.15) is 52.5 Å². The maximum absolute atomic E-state index is 13.6. The van der Waals surface area contributed by atoms with Gasteiger partial charge >= 0.3 is 0 Å². The van der Waals surface area contributed by atoms with Crippen LogP contribution in [0, 0.1) is 0 Å². The number of halogens is 2. The van der Waals surface area contributed by atoms with E-state index in [2.05, 4.69) is 5.32 Å². The Labute approximate surface area is 236 Å². The molecule has 0 aliphatic heterocycles. The third-order valence-electron chi connectivity index (χ3n) is 5.77. The highest BCUT2D eigenvalue weighted by atomic mass is 35.5. The van der Waals surface area contributed by atoms with Crippen LogP contribution in [-0.2, 0) is 26.2 Å². The molecule has 1 unspecified atom stereocenters. The Kier molecular flexibility index (Phi) is 11.3. The van der Waals surface area contributed by atoms with Gasteiger partial charge in [-0.1, -0.05) is 42.3 Å². The van der Waals surface area contributed by atoms with Crippen LogP contribution in [0.4, 0.5) is 5.69 Å². The summed E-state index contributed by atoms with van der Waals surface area (Å²) < 4.78 is 31.5. The van der Waals surface area contributed by atoms with Crippen LogP contribution in [0.25, 0.3) is 0 Å². The van der Waals surface area contributed by atoms with E-state index >= 15 is 0 Å². The molecule has 0 aliphatic carbocycles. The van der Waals surface area contributed by atoms with Crippen molar-refractivity contribution in [2.45, 2.75) is 65.1 Å². The molecular formula is C27H37Cl2N3O5S. The van der Waals surface area contributed by atoms with Crippen molar-refractivity contribution in [3.63, 3.8) is 0 Å². The number of sulfonamides is 1. The van der Waals surface area contributed by atoms with Gasteiger partial charge < -0.3 is 15.0 Å². The quantitative estimate of drug-likeness (QED) is 0.366. The summed E-state index contributed by atoms with van der Waals surface area (Å²) >= 11 is 12.8. The van der Waals surface area contributed by atoms with Crippen LogP contribution in [0.2, 0.25) is 10.0 Å². The van der Waals surface area contributed by atoms with Crippen molar-refractivity contribution in [1.29, 1.82) is 0 Å². The zero-order valence-electron chi connectivity index (χ0n) is 22.8. The first kappa shape index (κ1) is 31.7. The van der Waals surface area contributed by atoms with Crippen LogP contribution >= 0.6 is 23.2 Å². The molecule has 2 aromatic rings. The normalized spacial score (nSPS) is 12.5. The minimum Gasteiger partial charge on any atom is -0.497 e. The molecule has 0 saturated carbocycles. The lowest BCUT2D eigenvalue weighted by atomic mass is 10.0. The number of hydrogen-bond acceptors (Lipinski definition) is 5. The largest absolute Gasteiger partial charge is 0.497 e. The van der Waals surface area contributed by atoms with E-state index in [0.29, 0.717) is 33.5 Å². The summed E-state index contributed by atoms with van der Waals surface area (Å²) in [6.07, 6.45) is 1.73. The summed E-state index contributed by atoms with van der Waals surface area (Å²) in [6.45, 7) is 7.55. The lowest BCUT2D eigenvalue weighted by Gasteiger charge is -2.33. The van der Waals surface area contributed by atoms with Crippen LogP contribution in [0.15, 0.2) is 42.5 Å². The van der Waals surface area contributed by atoms with Gasteiger partial charge in [-0.05, 0) is 57.9 Å². The van der Waals surface area contributed by atoms with Gasteiger partial charge in [0.05, 0.1) is 19.1 Å². The van der Waals surface area contributed by atoms with Gasteiger partial charge in [0, 0.05) is 46.7 Å². The molecule has 8 nitrogen and oxygen atoms in total.